The topological polar surface area (TPSA) is 12.0 Å². The molecule has 0 aliphatic rings. The Balaban J connectivity index is 2.07. The summed E-state index contributed by atoms with van der Waals surface area (Å²) in [6.45, 7) is 6.73. The maximum atomic E-state index is 3.49. The van der Waals surface area contributed by atoms with Crippen LogP contribution in [0.3, 0.4) is 0 Å². The van der Waals surface area contributed by atoms with E-state index < -0.39 is 0 Å². The van der Waals surface area contributed by atoms with Crippen LogP contribution >= 0.6 is 27.7 Å². The van der Waals surface area contributed by atoms with E-state index in [1.807, 2.05) is 11.8 Å². The van der Waals surface area contributed by atoms with Crippen molar-refractivity contribution in [3.8, 4) is 0 Å². The van der Waals surface area contributed by atoms with Crippen molar-refractivity contribution in [3.63, 3.8) is 0 Å². The number of hydrogen-bond acceptors (Lipinski definition) is 2. The Kier molecular flexibility index (Phi) is 7.17. The van der Waals surface area contributed by atoms with Gasteiger partial charge in [0.05, 0.1) is 0 Å². The lowest BCUT2D eigenvalue weighted by Gasteiger charge is -2.07. The highest BCUT2D eigenvalue weighted by Gasteiger charge is 1.96. The molecular weight excluding hydrogens is 282 g/mol. The minimum atomic E-state index is 0.748. The summed E-state index contributed by atoms with van der Waals surface area (Å²) < 4.78 is 1.16. The normalized spacial score (nSPS) is 11.0. The lowest BCUT2D eigenvalue weighted by Crippen LogP contribution is -2.21. The molecule has 90 valence electrons. The molecule has 0 saturated carbocycles. The van der Waals surface area contributed by atoms with Gasteiger partial charge >= 0.3 is 0 Å². The molecule has 1 N–H and O–H groups in total. The second-order valence-corrected chi connectivity index (χ2v) is 6.34. The Morgan fingerprint density at radius 3 is 2.88 bits per heavy atom. The van der Waals surface area contributed by atoms with Gasteiger partial charge in [0.15, 0.2) is 0 Å². The third kappa shape index (κ3) is 6.56. The monoisotopic (exact) mass is 301 g/mol. The van der Waals surface area contributed by atoms with Crippen LogP contribution in [0.2, 0.25) is 0 Å². The van der Waals surface area contributed by atoms with Crippen molar-refractivity contribution >= 4 is 27.7 Å². The van der Waals surface area contributed by atoms with Gasteiger partial charge in [0.1, 0.15) is 0 Å². The number of halogens is 1. The fraction of sp³-hybridized carbons (Fsp3) is 0.538. The molecule has 1 aromatic rings. The van der Waals surface area contributed by atoms with Gasteiger partial charge in [-0.3, -0.25) is 0 Å². The van der Waals surface area contributed by atoms with Crippen LogP contribution in [0.15, 0.2) is 33.6 Å². The molecule has 0 aliphatic heterocycles. The standard InChI is InChI=1S/C13H20BrNS/c1-11(2)10-15-7-4-8-16-13-6-3-5-12(14)9-13/h3,5-6,9,11,15H,4,7-8,10H2,1-2H3. The van der Waals surface area contributed by atoms with Crippen molar-refractivity contribution < 1.29 is 0 Å². The zero-order chi connectivity index (χ0) is 11.8. The van der Waals surface area contributed by atoms with Crippen molar-refractivity contribution in [2.24, 2.45) is 5.92 Å². The van der Waals surface area contributed by atoms with E-state index in [-0.39, 0.29) is 0 Å². The van der Waals surface area contributed by atoms with Gasteiger partial charge in [0.25, 0.3) is 0 Å². The van der Waals surface area contributed by atoms with Crippen LogP contribution in [0.1, 0.15) is 20.3 Å². The summed E-state index contributed by atoms with van der Waals surface area (Å²) >= 11 is 5.41. The first-order chi connectivity index (χ1) is 7.68. The van der Waals surface area contributed by atoms with Crippen molar-refractivity contribution in [2.75, 3.05) is 18.8 Å². The number of thioether (sulfide) groups is 1. The third-order valence-electron chi connectivity index (χ3n) is 2.12. The SMILES string of the molecule is CC(C)CNCCCSc1cccc(Br)c1. The molecule has 0 aliphatic carbocycles. The first-order valence-electron chi connectivity index (χ1n) is 5.77. The highest BCUT2D eigenvalue weighted by molar-refractivity contribution is 9.10. The quantitative estimate of drug-likeness (QED) is 0.599. The van der Waals surface area contributed by atoms with Crippen molar-refractivity contribution in [3.05, 3.63) is 28.7 Å². The van der Waals surface area contributed by atoms with Crippen LogP contribution in [0.5, 0.6) is 0 Å². The summed E-state index contributed by atoms with van der Waals surface area (Å²) in [5.74, 6) is 1.93. The molecule has 1 rings (SSSR count). The minimum absolute atomic E-state index is 0.748. The Morgan fingerprint density at radius 1 is 1.38 bits per heavy atom. The smallest absolute Gasteiger partial charge is 0.0186 e. The molecule has 0 heterocycles. The van der Waals surface area contributed by atoms with Crippen LogP contribution in [-0.2, 0) is 0 Å². The zero-order valence-electron chi connectivity index (χ0n) is 10.0. The molecule has 0 fully saturated rings. The molecule has 0 unspecified atom stereocenters. The van der Waals surface area contributed by atoms with Gasteiger partial charge in [0, 0.05) is 9.37 Å². The van der Waals surface area contributed by atoms with E-state index in [9.17, 15) is 0 Å². The van der Waals surface area contributed by atoms with Gasteiger partial charge in [-0.25, -0.2) is 0 Å². The van der Waals surface area contributed by atoms with E-state index in [1.54, 1.807) is 0 Å². The third-order valence-corrected chi connectivity index (χ3v) is 3.69. The fourth-order valence-corrected chi connectivity index (χ4v) is 2.79. The number of rotatable bonds is 7. The molecule has 0 aromatic heterocycles. The Bertz CT molecular complexity index is 302. The first kappa shape index (κ1) is 14.1. The maximum Gasteiger partial charge on any atom is 0.0186 e. The lowest BCUT2D eigenvalue weighted by molar-refractivity contribution is 0.552. The number of benzene rings is 1. The molecule has 1 aromatic carbocycles. The largest absolute Gasteiger partial charge is 0.316 e. The Morgan fingerprint density at radius 2 is 2.19 bits per heavy atom. The van der Waals surface area contributed by atoms with E-state index >= 15 is 0 Å². The van der Waals surface area contributed by atoms with Crippen LogP contribution in [-0.4, -0.2) is 18.8 Å². The molecule has 16 heavy (non-hydrogen) atoms. The Hall–Kier alpha value is 0.01000. The van der Waals surface area contributed by atoms with Crippen LogP contribution < -0.4 is 5.32 Å². The summed E-state index contributed by atoms with van der Waals surface area (Å²) in [5.41, 5.74) is 0. The number of hydrogen-bond donors (Lipinski definition) is 1. The number of nitrogens with one attached hydrogen (secondary N) is 1. The van der Waals surface area contributed by atoms with E-state index in [2.05, 4.69) is 59.4 Å². The summed E-state index contributed by atoms with van der Waals surface area (Å²) in [4.78, 5) is 1.35. The van der Waals surface area contributed by atoms with Crippen molar-refractivity contribution in [2.45, 2.75) is 25.2 Å². The van der Waals surface area contributed by atoms with Crippen molar-refractivity contribution in [1.82, 2.24) is 5.32 Å². The Labute approximate surface area is 112 Å². The molecular formula is C13H20BrNS. The second kappa shape index (κ2) is 8.15. The zero-order valence-corrected chi connectivity index (χ0v) is 12.4. The highest BCUT2D eigenvalue weighted by atomic mass is 79.9. The van der Waals surface area contributed by atoms with E-state index in [0.717, 1.165) is 23.5 Å². The van der Waals surface area contributed by atoms with Gasteiger partial charge in [-0.15, -0.1) is 11.8 Å². The molecule has 0 atom stereocenters. The van der Waals surface area contributed by atoms with Crippen LogP contribution in [0.4, 0.5) is 0 Å². The van der Waals surface area contributed by atoms with Crippen molar-refractivity contribution in [1.29, 1.82) is 0 Å². The van der Waals surface area contributed by atoms with Gasteiger partial charge in [-0.1, -0.05) is 35.8 Å². The first-order valence-corrected chi connectivity index (χ1v) is 7.55. The molecule has 3 heteroatoms. The van der Waals surface area contributed by atoms with Crippen LogP contribution in [0, 0.1) is 5.92 Å². The summed E-state index contributed by atoms with van der Waals surface area (Å²) in [7, 11) is 0. The van der Waals surface area contributed by atoms with E-state index in [0.29, 0.717) is 0 Å². The summed E-state index contributed by atoms with van der Waals surface area (Å²) in [6, 6.07) is 8.49. The van der Waals surface area contributed by atoms with Gasteiger partial charge in [-0.2, -0.15) is 0 Å². The minimum Gasteiger partial charge on any atom is -0.316 e. The predicted octanol–water partition coefficient (Wildman–Crippen LogP) is 4.18. The predicted molar refractivity (Wildman–Crippen MR) is 77.2 cm³/mol. The molecule has 0 bridgehead atoms. The van der Waals surface area contributed by atoms with Gasteiger partial charge < -0.3 is 5.32 Å². The molecule has 0 spiro atoms. The maximum absolute atomic E-state index is 3.49. The summed E-state index contributed by atoms with van der Waals surface area (Å²) in [6.07, 6.45) is 1.23. The average Bonchev–Trinajstić information content (AvgIpc) is 2.23. The molecule has 0 radical (unpaired) electrons. The lowest BCUT2D eigenvalue weighted by atomic mass is 10.2. The second-order valence-electron chi connectivity index (χ2n) is 4.26. The van der Waals surface area contributed by atoms with E-state index in [4.69, 9.17) is 0 Å². The molecule has 0 amide bonds. The summed E-state index contributed by atoms with van der Waals surface area (Å²) in [5, 5.41) is 3.46. The average molecular weight is 302 g/mol. The highest BCUT2D eigenvalue weighted by Crippen LogP contribution is 2.22. The molecule has 1 nitrogen and oxygen atoms in total. The fourth-order valence-electron chi connectivity index (χ4n) is 1.33. The molecule has 0 saturated heterocycles. The van der Waals surface area contributed by atoms with Crippen LogP contribution in [0.25, 0.3) is 0 Å². The van der Waals surface area contributed by atoms with Gasteiger partial charge in [0.2, 0.25) is 0 Å². The van der Waals surface area contributed by atoms with E-state index in [1.165, 1.54) is 17.1 Å². The van der Waals surface area contributed by atoms with Gasteiger partial charge in [-0.05, 0) is 49.4 Å².